The van der Waals surface area contributed by atoms with Gasteiger partial charge in [0.1, 0.15) is 11.6 Å². The molecule has 0 saturated carbocycles. The second-order valence-electron chi connectivity index (χ2n) is 9.92. The molecular weight excluding hydrogens is 458 g/mol. The monoisotopic (exact) mass is 484 g/mol. The van der Waals surface area contributed by atoms with Gasteiger partial charge in [0.05, 0.1) is 41.6 Å². The van der Waals surface area contributed by atoms with Crippen molar-refractivity contribution in [2.24, 2.45) is 0 Å². The average molecular weight is 485 g/mol. The molecule has 36 heavy (non-hydrogen) atoms. The van der Waals surface area contributed by atoms with E-state index >= 15 is 0 Å². The Morgan fingerprint density at radius 2 is 1.67 bits per heavy atom. The minimum atomic E-state index is -2.69. The van der Waals surface area contributed by atoms with E-state index in [1.54, 1.807) is 0 Å². The molecule has 2 saturated heterocycles. The van der Waals surface area contributed by atoms with Crippen LogP contribution in [-0.4, -0.2) is 38.9 Å². The number of hydrogen-bond acceptors (Lipinski definition) is 4. The fourth-order valence-electron chi connectivity index (χ4n) is 5.50. The predicted molar refractivity (Wildman–Crippen MR) is 137 cm³/mol. The molecule has 2 aliphatic rings. The van der Waals surface area contributed by atoms with E-state index in [1.165, 1.54) is 6.42 Å². The van der Waals surface area contributed by atoms with E-state index in [1.807, 2.05) is 12.3 Å². The van der Waals surface area contributed by atoms with Crippen LogP contribution in [0.4, 0.5) is 8.78 Å². The molecule has 2 aromatic heterocycles. The van der Waals surface area contributed by atoms with E-state index in [9.17, 15) is 8.78 Å². The molecule has 0 amide bonds. The normalized spacial score (nSPS) is 21.6. The average Bonchev–Trinajstić information content (AvgIpc) is 3.69. The lowest BCUT2D eigenvalue weighted by molar-refractivity contribution is 0.0208. The summed E-state index contributed by atoms with van der Waals surface area (Å²) in [4.78, 5) is 16.0. The molecule has 2 fully saturated rings. The Morgan fingerprint density at radius 1 is 0.833 bits per heavy atom. The van der Waals surface area contributed by atoms with Crippen molar-refractivity contribution in [1.29, 1.82) is 0 Å². The molecule has 4 N–H and O–H groups in total. The second kappa shape index (κ2) is 8.21. The number of hydrogen-bond donors (Lipinski definition) is 4. The van der Waals surface area contributed by atoms with Crippen LogP contribution in [0, 0.1) is 0 Å². The Labute approximate surface area is 206 Å². The maximum atomic E-state index is 13.7. The number of nitrogens with one attached hydrogen (secondary N) is 4. The smallest absolute Gasteiger partial charge is 0.262 e. The lowest BCUT2D eigenvalue weighted by Crippen LogP contribution is -2.19. The molecule has 6 nitrogen and oxygen atoms in total. The Bertz CT molecular complexity index is 1560. The number of halogens is 2. The van der Waals surface area contributed by atoms with Gasteiger partial charge in [0.2, 0.25) is 0 Å². The van der Waals surface area contributed by atoms with Crippen molar-refractivity contribution in [3.05, 3.63) is 72.4 Å². The van der Waals surface area contributed by atoms with Crippen LogP contribution in [0.15, 0.2) is 60.8 Å². The number of rotatable bonds is 4. The van der Waals surface area contributed by atoms with Crippen LogP contribution < -0.4 is 10.6 Å². The molecule has 0 radical (unpaired) electrons. The summed E-state index contributed by atoms with van der Waals surface area (Å²) >= 11 is 0. The first kappa shape index (κ1) is 21.6. The molecule has 0 spiro atoms. The van der Waals surface area contributed by atoms with E-state index in [-0.39, 0.29) is 13.0 Å². The zero-order valence-corrected chi connectivity index (χ0v) is 19.6. The van der Waals surface area contributed by atoms with Crippen molar-refractivity contribution in [3.8, 4) is 22.4 Å². The van der Waals surface area contributed by atoms with Gasteiger partial charge in [0, 0.05) is 11.8 Å². The summed E-state index contributed by atoms with van der Waals surface area (Å²) < 4.78 is 27.3. The van der Waals surface area contributed by atoms with Crippen molar-refractivity contribution < 1.29 is 8.78 Å². The van der Waals surface area contributed by atoms with E-state index in [0.29, 0.717) is 11.9 Å². The third-order valence-corrected chi connectivity index (χ3v) is 7.44. The summed E-state index contributed by atoms with van der Waals surface area (Å²) in [6, 6.07) is 18.7. The summed E-state index contributed by atoms with van der Waals surface area (Å²) in [7, 11) is 0. The van der Waals surface area contributed by atoms with Crippen LogP contribution >= 0.6 is 0 Å². The molecule has 0 unspecified atom stereocenters. The number of aromatic amines is 2. The highest BCUT2D eigenvalue weighted by atomic mass is 19.3. The Balaban J connectivity index is 1.16. The van der Waals surface area contributed by atoms with E-state index in [2.05, 4.69) is 74.1 Å². The Morgan fingerprint density at radius 3 is 2.44 bits per heavy atom. The van der Waals surface area contributed by atoms with Crippen LogP contribution in [0.2, 0.25) is 0 Å². The molecule has 4 heterocycles. The summed E-state index contributed by atoms with van der Waals surface area (Å²) in [6.45, 7) is 0.738. The summed E-state index contributed by atoms with van der Waals surface area (Å²) in [5, 5.41) is 8.43. The third-order valence-electron chi connectivity index (χ3n) is 7.44. The number of H-pyrrole nitrogens is 2. The highest BCUT2D eigenvalue weighted by Crippen LogP contribution is 2.35. The standard InChI is InChI=1S/C28H26F2N6/c29-28(30)13-23(33-15-28)27-34-21-10-8-19-12-18(7-9-20(19)25(21)36-27)16-3-5-17(6-4-16)24-14-32-26(35-24)22-2-1-11-31-22/h3-10,12,14,22-23,31,33H,1-2,11,13,15H2,(H,32,35)(H,34,36)/t22-,23-/m0/s1. The molecule has 0 aliphatic carbocycles. The van der Waals surface area contributed by atoms with Gasteiger partial charge in [-0.05, 0) is 53.6 Å². The van der Waals surface area contributed by atoms with Gasteiger partial charge in [0.15, 0.2) is 0 Å². The number of fused-ring (bicyclic) bond motifs is 3. The third kappa shape index (κ3) is 3.77. The van der Waals surface area contributed by atoms with Crippen molar-refractivity contribution in [3.63, 3.8) is 0 Å². The number of benzene rings is 3. The van der Waals surface area contributed by atoms with Gasteiger partial charge in [-0.2, -0.15) is 0 Å². The van der Waals surface area contributed by atoms with Crippen LogP contribution in [-0.2, 0) is 0 Å². The van der Waals surface area contributed by atoms with Gasteiger partial charge >= 0.3 is 0 Å². The van der Waals surface area contributed by atoms with Crippen LogP contribution in [0.3, 0.4) is 0 Å². The van der Waals surface area contributed by atoms with E-state index in [4.69, 9.17) is 4.98 Å². The lowest BCUT2D eigenvalue weighted by atomic mass is 9.99. The van der Waals surface area contributed by atoms with Crippen LogP contribution in [0.5, 0.6) is 0 Å². The molecular formula is C28H26F2N6. The van der Waals surface area contributed by atoms with Gasteiger partial charge < -0.3 is 20.6 Å². The van der Waals surface area contributed by atoms with Gasteiger partial charge in [-0.15, -0.1) is 0 Å². The molecule has 2 atom stereocenters. The van der Waals surface area contributed by atoms with Gasteiger partial charge in [-0.1, -0.05) is 42.5 Å². The molecule has 3 aromatic carbocycles. The predicted octanol–water partition coefficient (Wildman–Crippen LogP) is 5.87. The quantitative estimate of drug-likeness (QED) is 0.257. The van der Waals surface area contributed by atoms with Gasteiger partial charge in [0.25, 0.3) is 5.92 Å². The molecule has 2 aliphatic heterocycles. The topological polar surface area (TPSA) is 81.4 Å². The molecule has 182 valence electrons. The number of alkyl halides is 2. The first-order valence-electron chi connectivity index (χ1n) is 12.5. The lowest BCUT2D eigenvalue weighted by Gasteiger charge is -2.07. The minimum Gasteiger partial charge on any atom is -0.341 e. The Hall–Kier alpha value is -3.62. The van der Waals surface area contributed by atoms with Gasteiger partial charge in [-0.3, -0.25) is 0 Å². The highest BCUT2D eigenvalue weighted by Gasteiger charge is 2.41. The van der Waals surface area contributed by atoms with Gasteiger partial charge in [-0.25, -0.2) is 18.7 Å². The van der Waals surface area contributed by atoms with Crippen molar-refractivity contribution in [1.82, 2.24) is 30.6 Å². The van der Waals surface area contributed by atoms with Crippen molar-refractivity contribution in [2.45, 2.75) is 37.3 Å². The maximum Gasteiger partial charge on any atom is 0.262 e. The summed E-state index contributed by atoms with van der Waals surface area (Å²) in [6.07, 6.45) is 3.98. The molecule has 0 bridgehead atoms. The minimum absolute atomic E-state index is 0.234. The SMILES string of the molecule is FC1(F)CN[C@H](c2nc3c(ccc4cc(-c5ccc(-c6cnc([C@@H]7CCCN7)[nH]6)cc5)ccc43)[nH]2)C1. The van der Waals surface area contributed by atoms with Crippen molar-refractivity contribution in [2.75, 3.05) is 13.1 Å². The number of aromatic nitrogens is 4. The van der Waals surface area contributed by atoms with Crippen LogP contribution in [0.1, 0.15) is 43.0 Å². The maximum absolute atomic E-state index is 13.7. The first-order chi connectivity index (χ1) is 17.5. The zero-order valence-electron chi connectivity index (χ0n) is 19.6. The first-order valence-corrected chi connectivity index (χ1v) is 12.5. The fourth-order valence-corrected chi connectivity index (χ4v) is 5.50. The summed E-state index contributed by atoms with van der Waals surface area (Å²) in [5.41, 5.74) is 6.04. The van der Waals surface area contributed by atoms with E-state index < -0.39 is 12.0 Å². The Kier molecular flexibility index (Phi) is 4.94. The van der Waals surface area contributed by atoms with Crippen LogP contribution in [0.25, 0.3) is 44.2 Å². The highest BCUT2D eigenvalue weighted by molar-refractivity contribution is 6.05. The number of imidazole rings is 2. The second-order valence-corrected chi connectivity index (χ2v) is 9.92. The molecule has 5 aromatic rings. The zero-order chi connectivity index (χ0) is 24.3. The fraction of sp³-hybridized carbons (Fsp3) is 0.286. The molecule has 8 heteroatoms. The molecule has 7 rings (SSSR count). The van der Waals surface area contributed by atoms with E-state index in [0.717, 1.165) is 63.0 Å². The number of nitrogens with zero attached hydrogens (tertiary/aromatic N) is 2. The largest absolute Gasteiger partial charge is 0.341 e. The van der Waals surface area contributed by atoms with Crippen molar-refractivity contribution >= 4 is 21.8 Å². The summed E-state index contributed by atoms with van der Waals surface area (Å²) in [5.74, 6) is -1.12.